The molecule has 1 aliphatic heterocycles. The van der Waals surface area contributed by atoms with Crippen molar-refractivity contribution in [3.63, 3.8) is 0 Å². The van der Waals surface area contributed by atoms with Gasteiger partial charge in [0.2, 0.25) is 11.8 Å². The fourth-order valence-electron chi connectivity index (χ4n) is 2.43. The van der Waals surface area contributed by atoms with Gasteiger partial charge in [0.1, 0.15) is 11.8 Å². The van der Waals surface area contributed by atoms with Crippen LogP contribution in [0.4, 0.5) is 13.2 Å². The van der Waals surface area contributed by atoms with E-state index in [1.54, 1.807) is 0 Å². The zero-order chi connectivity index (χ0) is 18.1. The third-order valence-corrected chi connectivity index (χ3v) is 4.24. The van der Waals surface area contributed by atoms with Gasteiger partial charge in [0.15, 0.2) is 9.84 Å². The number of carbonyl (C=O) groups is 2. The van der Waals surface area contributed by atoms with Gasteiger partial charge in [0.05, 0.1) is 5.56 Å². The molecule has 24 heavy (non-hydrogen) atoms. The van der Waals surface area contributed by atoms with E-state index in [1.165, 1.54) is 0 Å². The highest BCUT2D eigenvalue weighted by Gasteiger charge is 2.36. The Morgan fingerprint density at radius 1 is 1.29 bits per heavy atom. The maximum atomic E-state index is 12.6. The maximum Gasteiger partial charge on any atom is 0.416 e. The first-order valence-corrected chi connectivity index (χ1v) is 8.97. The number of benzene rings is 1. The normalized spacial score (nSPS) is 19.1. The molecule has 1 aliphatic rings. The Kier molecular flexibility index (Phi) is 4.88. The van der Waals surface area contributed by atoms with E-state index in [1.807, 2.05) is 0 Å². The summed E-state index contributed by atoms with van der Waals surface area (Å²) in [5.41, 5.74) is -0.696. The van der Waals surface area contributed by atoms with Crippen molar-refractivity contribution in [2.24, 2.45) is 0 Å². The molecule has 1 heterocycles. The molecule has 1 aromatic carbocycles. The minimum Gasteiger partial charge on any atom is -0.352 e. The minimum atomic E-state index is -4.51. The van der Waals surface area contributed by atoms with Gasteiger partial charge in [-0.05, 0) is 17.7 Å². The van der Waals surface area contributed by atoms with Crippen LogP contribution in [0.2, 0.25) is 0 Å². The molecule has 0 unspecified atom stereocenters. The maximum absolute atomic E-state index is 12.6. The van der Waals surface area contributed by atoms with E-state index in [9.17, 15) is 31.2 Å². The Morgan fingerprint density at radius 2 is 1.88 bits per heavy atom. The van der Waals surface area contributed by atoms with E-state index >= 15 is 0 Å². The molecule has 1 aromatic rings. The molecule has 1 fully saturated rings. The topological polar surface area (TPSA) is 83.6 Å². The van der Waals surface area contributed by atoms with Crippen LogP contribution in [0, 0.1) is 0 Å². The van der Waals surface area contributed by atoms with Crippen LogP contribution in [0.25, 0.3) is 0 Å². The summed E-state index contributed by atoms with van der Waals surface area (Å²) < 4.78 is 60.4. The van der Waals surface area contributed by atoms with Gasteiger partial charge in [0, 0.05) is 19.3 Å². The molecular weight excluding hydrogens is 349 g/mol. The quantitative estimate of drug-likeness (QED) is 0.858. The second-order valence-electron chi connectivity index (χ2n) is 5.47. The summed E-state index contributed by atoms with van der Waals surface area (Å²) in [6.07, 6.45) is -3.62. The van der Waals surface area contributed by atoms with E-state index in [0.717, 1.165) is 35.4 Å². The zero-order valence-corrected chi connectivity index (χ0v) is 13.4. The molecule has 2 amide bonds. The van der Waals surface area contributed by atoms with Crippen LogP contribution < -0.4 is 5.32 Å². The molecular formula is C14H15F3N2O4S. The van der Waals surface area contributed by atoms with Gasteiger partial charge in [-0.15, -0.1) is 0 Å². The molecule has 0 spiro atoms. The summed E-state index contributed by atoms with van der Waals surface area (Å²) >= 11 is 0. The van der Waals surface area contributed by atoms with E-state index < -0.39 is 45.2 Å². The Balaban J connectivity index is 2.32. The van der Waals surface area contributed by atoms with Gasteiger partial charge in [-0.2, -0.15) is 13.2 Å². The molecule has 6 nitrogen and oxygen atoms in total. The Morgan fingerprint density at radius 3 is 2.38 bits per heavy atom. The number of alkyl halides is 3. The highest BCUT2D eigenvalue weighted by molar-refractivity contribution is 7.91. The van der Waals surface area contributed by atoms with Crippen molar-refractivity contribution in [3.05, 3.63) is 35.4 Å². The van der Waals surface area contributed by atoms with Crippen molar-refractivity contribution in [1.29, 1.82) is 0 Å². The number of hydrogen-bond donors (Lipinski definition) is 1. The zero-order valence-electron chi connectivity index (χ0n) is 12.6. The third kappa shape index (κ3) is 4.25. The summed E-state index contributed by atoms with van der Waals surface area (Å²) in [6.45, 7) is 0.219. The lowest BCUT2D eigenvalue weighted by molar-refractivity contribution is -0.141. The minimum absolute atomic E-state index is 0.0752. The summed E-state index contributed by atoms with van der Waals surface area (Å²) in [5.74, 6) is -2.10. The number of sulfone groups is 1. The average Bonchev–Trinajstić information content (AvgIpc) is 2.44. The van der Waals surface area contributed by atoms with Crippen molar-refractivity contribution >= 4 is 21.7 Å². The summed E-state index contributed by atoms with van der Waals surface area (Å²) in [5, 5.41) is 2.52. The first kappa shape index (κ1) is 18.2. The van der Waals surface area contributed by atoms with Gasteiger partial charge in [-0.3, -0.25) is 9.59 Å². The van der Waals surface area contributed by atoms with E-state index in [2.05, 4.69) is 5.32 Å². The Labute approximate surface area is 136 Å². The van der Waals surface area contributed by atoms with Crippen molar-refractivity contribution < 1.29 is 31.2 Å². The van der Waals surface area contributed by atoms with Crippen LogP contribution in [0.1, 0.15) is 17.2 Å². The highest BCUT2D eigenvalue weighted by atomic mass is 32.2. The lowest BCUT2D eigenvalue weighted by Crippen LogP contribution is -2.53. The number of piperazine rings is 1. The molecule has 1 N–H and O–H groups in total. The van der Waals surface area contributed by atoms with Gasteiger partial charge < -0.3 is 10.2 Å². The second-order valence-corrected chi connectivity index (χ2v) is 7.61. The van der Waals surface area contributed by atoms with Crippen LogP contribution in [-0.2, 0) is 25.6 Å². The fourth-order valence-corrected chi connectivity index (χ4v) is 3.04. The van der Waals surface area contributed by atoms with Crippen LogP contribution in [0.3, 0.4) is 0 Å². The molecule has 0 bridgehead atoms. The van der Waals surface area contributed by atoms with Crippen molar-refractivity contribution in [2.45, 2.75) is 12.2 Å². The van der Waals surface area contributed by atoms with E-state index in [-0.39, 0.29) is 18.7 Å². The standard InChI is InChI=1S/C14H15F3N2O4S/c1-24(22,23)8-11(20)19-7-6-18-13(21)12(19)9-2-4-10(5-3-9)14(15,16)17/h2-5,12H,6-8H2,1H3,(H,18,21)/t12-/m0/s1. The monoisotopic (exact) mass is 364 g/mol. The molecule has 132 valence electrons. The van der Waals surface area contributed by atoms with Crippen molar-refractivity contribution in [2.75, 3.05) is 25.1 Å². The lowest BCUT2D eigenvalue weighted by Gasteiger charge is -2.35. The van der Waals surface area contributed by atoms with Crippen molar-refractivity contribution in [1.82, 2.24) is 10.2 Å². The first-order chi connectivity index (χ1) is 11.0. The van der Waals surface area contributed by atoms with Crippen LogP contribution in [-0.4, -0.2) is 50.2 Å². The van der Waals surface area contributed by atoms with Gasteiger partial charge >= 0.3 is 6.18 Å². The van der Waals surface area contributed by atoms with E-state index in [0.29, 0.717) is 0 Å². The number of nitrogens with one attached hydrogen (secondary N) is 1. The Hall–Kier alpha value is -2.10. The first-order valence-electron chi connectivity index (χ1n) is 6.91. The molecule has 1 saturated heterocycles. The van der Waals surface area contributed by atoms with Gasteiger partial charge in [-0.1, -0.05) is 12.1 Å². The largest absolute Gasteiger partial charge is 0.416 e. The number of halogens is 3. The SMILES string of the molecule is CS(=O)(=O)CC(=O)N1CCNC(=O)[C@@H]1c1ccc(C(F)(F)F)cc1. The predicted molar refractivity (Wildman–Crippen MR) is 78.6 cm³/mol. The van der Waals surface area contributed by atoms with E-state index in [4.69, 9.17) is 0 Å². The number of amides is 2. The summed E-state index contributed by atoms with van der Waals surface area (Å²) in [6, 6.07) is 2.70. The van der Waals surface area contributed by atoms with Gasteiger partial charge in [0.25, 0.3) is 0 Å². The smallest absolute Gasteiger partial charge is 0.352 e. The number of rotatable bonds is 3. The predicted octanol–water partition coefficient (Wildman–Crippen LogP) is 0.749. The van der Waals surface area contributed by atoms with Crippen LogP contribution in [0.15, 0.2) is 24.3 Å². The second kappa shape index (κ2) is 6.42. The number of carbonyl (C=O) groups excluding carboxylic acids is 2. The molecule has 1 atom stereocenters. The average molecular weight is 364 g/mol. The molecule has 2 rings (SSSR count). The highest BCUT2D eigenvalue weighted by Crippen LogP contribution is 2.31. The van der Waals surface area contributed by atoms with Crippen molar-refractivity contribution in [3.8, 4) is 0 Å². The molecule has 0 aliphatic carbocycles. The molecule has 0 radical (unpaired) electrons. The summed E-state index contributed by atoms with van der Waals surface area (Å²) in [7, 11) is -3.59. The van der Waals surface area contributed by atoms with Crippen LogP contribution in [0.5, 0.6) is 0 Å². The third-order valence-electron chi connectivity index (χ3n) is 3.47. The van der Waals surface area contributed by atoms with Crippen LogP contribution >= 0.6 is 0 Å². The number of nitrogens with zero attached hydrogens (tertiary/aromatic N) is 1. The molecule has 10 heteroatoms. The summed E-state index contributed by atoms with van der Waals surface area (Å²) in [4.78, 5) is 25.3. The number of hydrogen-bond acceptors (Lipinski definition) is 4. The Bertz CT molecular complexity index is 744. The molecule has 0 aromatic heterocycles. The fraction of sp³-hybridized carbons (Fsp3) is 0.429. The van der Waals surface area contributed by atoms with Gasteiger partial charge in [-0.25, -0.2) is 8.42 Å². The molecule has 0 saturated carbocycles. The lowest BCUT2D eigenvalue weighted by atomic mass is 10.0.